The van der Waals surface area contributed by atoms with Crippen molar-refractivity contribution in [2.24, 2.45) is 0 Å². The van der Waals surface area contributed by atoms with Crippen molar-refractivity contribution in [2.45, 2.75) is 92.9 Å². The van der Waals surface area contributed by atoms with Crippen molar-refractivity contribution in [1.82, 2.24) is 4.90 Å². The molecule has 0 saturated carbocycles. The van der Waals surface area contributed by atoms with Crippen molar-refractivity contribution < 1.29 is 10.1 Å². The third-order valence-corrected chi connectivity index (χ3v) is 9.98. The maximum absolute atomic E-state index is 3.85. The molecule has 2 aromatic rings. The van der Waals surface area contributed by atoms with E-state index in [0.29, 0.717) is 23.7 Å². The maximum atomic E-state index is 3.85. The first-order valence-corrected chi connectivity index (χ1v) is 18.9. The van der Waals surface area contributed by atoms with Crippen LogP contribution in [0.25, 0.3) is 0 Å². The van der Waals surface area contributed by atoms with E-state index in [-0.39, 0.29) is 0 Å². The number of nitrogens with zero attached hydrogens (tertiary/aromatic N) is 1. The Morgan fingerprint density at radius 2 is 1.25 bits per heavy atom. The van der Waals surface area contributed by atoms with Crippen molar-refractivity contribution in [2.75, 3.05) is 37.4 Å². The van der Waals surface area contributed by atoms with Gasteiger partial charge in [-0.2, -0.15) is 0 Å². The number of hydrogen-bond donors (Lipinski definition) is 2. The van der Waals surface area contributed by atoms with Crippen molar-refractivity contribution >= 4 is 44.2 Å². The van der Waals surface area contributed by atoms with Gasteiger partial charge in [-0.1, -0.05) is 33.3 Å². The predicted octanol–water partition coefficient (Wildman–Crippen LogP) is 9.07. The molecule has 0 amide bonds. The molecule has 0 aliphatic carbocycles. The summed E-state index contributed by atoms with van der Waals surface area (Å²) in [5.74, 6) is 1.90. The van der Waals surface area contributed by atoms with Crippen molar-refractivity contribution in [3.63, 3.8) is 0 Å². The van der Waals surface area contributed by atoms with E-state index in [4.69, 9.17) is 0 Å². The summed E-state index contributed by atoms with van der Waals surface area (Å²) in [6.45, 7) is 25.5. The zero-order chi connectivity index (χ0) is 27.3. The van der Waals surface area contributed by atoms with Crippen molar-refractivity contribution in [3.05, 3.63) is 51.6 Å². The molecule has 0 unspecified atom stereocenters. The molecule has 0 bridgehead atoms. The Bertz CT molecular complexity index is 987. The Morgan fingerprint density at radius 3 is 1.69 bits per heavy atom. The quantitative estimate of drug-likeness (QED) is 0.221. The average Bonchev–Trinajstić information content (AvgIpc) is 2.77. The molecule has 206 valence electrons. The Labute approximate surface area is 239 Å². The van der Waals surface area contributed by atoms with Crippen LogP contribution in [0, 0.1) is 13.8 Å². The van der Waals surface area contributed by atoms with E-state index in [1.807, 2.05) is 0 Å². The van der Waals surface area contributed by atoms with Crippen LogP contribution in [0.2, 0.25) is 0 Å². The minimum atomic E-state index is -0.513. The van der Waals surface area contributed by atoms with Gasteiger partial charge in [0.1, 0.15) is 0 Å². The molecule has 6 heteroatoms. The van der Waals surface area contributed by atoms with E-state index in [1.165, 1.54) is 49.3 Å². The molecule has 0 fully saturated rings. The fourth-order valence-electron chi connectivity index (χ4n) is 4.81. The van der Waals surface area contributed by atoms with Gasteiger partial charge in [0.2, 0.25) is 0 Å². The molecule has 2 aromatic carbocycles. The van der Waals surface area contributed by atoms with Gasteiger partial charge in [-0.05, 0) is 6.92 Å². The first kappa shape index (κ1) is 31.7. The molecule has 36 heavy (non-hydrogen) atoms. The van der Waals surface area contributed by atoms with E-state index in [9.17, 15) is 0 Å². The molecule has 0 spiro atoms. The third kappa shape index (κ3) is 7.99. The van der Waals surface area contributed by atoms with Crippen LogP contribution in [0.15, 0.2) is 18.2 Å². The second kappa shape index (κ2) is 14.0. The van der Waals surface area contributed by atoms with Gasteiger partial charge in [0.15, 0.2) is 0 Å². The first-order valence-electron chi connectivity index (χ1n) is 13.2. The molecule has 0 atom stereocenters. The molecule has 0 saturated heterocycles. The van der Waals surface area contributed by atoms with Gasteiger partial charge in [-0.3, -0.25) is 0 Å². The van der Waals surface area contributed by atoms with Crippen LogP contribution in [0.4, 0.5) is 11.4 Å². The zero-order valence-corrected chi connectivity index (χ0v) is 28.4. The second-order valence-corrected chi connectivity index (χ2v) is 19.7. The number of nitrogens with one attached hydrogen (secondary N) is 2. The summed E-state index contributed by atoms with van der Waals surface area (Å²) < 4.78 is 1.41. The van der Waals surface area contributed by atoms with Crippen LogP contribution >= 0.6 is 28.3 Å². The predicted molar refractivity (Wildman–Crippen MR) is 166 cm³/mol. The molecule has 0 aromatic heterocycles. The summed E-state index contributed by atoms with van der Waals surface area (Å²) in [4.78, 5) is 2.38. The van der Waals surface area contributed by atoms with Crippen LogP contribution in [0.5, 0.6) is 0 Å². The summed E-state index contributed by atoms with van der Waals surface area (Å²) in [5, 5.41) is 7.66. The number of anilines is 2. The van der Waals surface area contributed by atoms with Crippen molar-refractivity contribution in [3.8, 4) is 0 Å². The summed E-state index contributed by atoms with van der Waals surface area (Å²) >= 11 is 7.71. The van der Waals surface area contributed by atoms with Gasteiger partial charge in [-0.15, -0.1) is 0 Å². The topological polar surface area (TPSA) is 27.3 Å². The molecule has 0 aliphatic heterocycles. The number of benzene rings is 2. The first-order chi connectivity index (χ1) is 16.8. The number of halogens is 2. The summed E-state index contributed by atoms with van der Waals surface area (Å²) in [7, 11) is 1.69. The van der Waals surface area contributed by atoms with Crippen LogP contribution < -0.4 is 15.1 Å². The van der Waals surface area contributed by atoms with E-state index in [1.54, 1.807) is 0 Å². The fourth-order valence-corrected chi connectivity index (χ4v) is 8.73. The molecule has 0 aliphatic rings. The fraction of sp³-hybridized carbons (Fsp3) is 0.600. The number of likely N-dealkylation sites (N-methyl/N-ethyl adjacent to an activating group) is 1. The molecular weight excluding hydrogens is 621 g/mol. The number of aryl methyl sites for hydroxylation is 2. The van der Waals surface area contributed by atoms with Crippen LogP contribution in [-0.2, 0) is 10.1 Å². The number of rotatable bonds is 12. The average molecular weight is 669 g/mol. The van der Waals surface area contributed by atoms with Gasteiger partial charge >= 0.3 is 201 Å². The Kier molecular flexibility index (Phi) is 12.3. The van der Waals surface area contributed by atoms with Gasteiger partial charge in [0, 0.05) is 0 Å². The molecule has 0 heterocycles. The Balaban J connectivity index is 2.21. The second-order valence-electron chi connectivity index (χ2n) is 11.3. The minimum absolute atomic E-state index is 0.441. The van der Waals surface area contributed by atoms with Gasteiger partial charge in [0.05, 0.1) is 0 Å². The third-order valence-electron chi connectivity index (χ3n) is 6.72. The van der Waals surface area contributed by atoms with Gasteiger partial charge in [-0.25, -0.2) is 0 Å². The van der Waals surface area contributed by atoms with Gasteiger partial charge < -0.3 is 0 Å². The zero-order valence-electron chi connectivity index (χ0n) is 24.2. The Morgan fingerprint density at radius 1 is 0.750 bits per heavy atom. The van der Waals surface area contributed by atoms with Crippen LogP contribution in [-0.4, -0.2) is 31.7 Å². The van der Waals surface area contributed by atoms with E-state index in [0.717, 1.165) is 19.8 Å². The normalized spacial score (nSPS) is 12.4. The van der Waals surface area contributed by atoms with E-state index in [2.05, 4.69) is 138 Å². The SMILES string of the molecule is Cc1cc(C(C)C)c(NCCN(C)CNc2c(C(C)C)cc(C)[c]([Co]([Br])[Br])c2C(C)C)c(C(C)C)c1. The monoisotopic (exact) mass is 667 g/mol. The molecule has 0 radical (unpaired) electrons. The summed E-state index contributed by atoms with van der Waals surface area (Å²) in [6, 6.07) is 7.08. The van der Waals surface area contributed by atoms with E-state index >= 15 is 0 Å². The summed E-state index contributed by atoms with van der Waals surface area (Å²) in [6.07, 6.45) is 0. The molecular formula is C30H48Br2CoN3. The summed E-state index contributed by atoms with van der Waals surface area (Å²) in [5.41, 5.74) is 11.1. The minimum Gasteiger partial charge on any atom is -0.0586 e. The van der Waals surface area contributed by atoms with Gasteiger partial charge in [0.25, 0.3) is 0 Å². The van der Waals surface area contributed by atoms with Crippen LogP contribution in [0.1, 0.15) is 112 Å². The number of hydrogen-bond acceptors (Lipinski definition) is 3. The molecule has 2 rings (SSSR count). The standard InChI is InChI=1S/C30H48N3.2BrH.Co/c1-19(2)25-14-23(9)15-26(20(3)4)29(25)31-12-13-33(11)18-32-30-27(21(5)6)16-24(10)17-28(30)22(7)8;;;/h14-16,19-22,31-32H,12-13,18H2,1-11H3;2*1H;/q;;;+2/p-2. The molecule has 2 N–H and O–H groups in total. The van der Waals surface area contributed by atoms with Crippen LogP contribution in [0.3, 0.4) is 0 Å². The molecule has 3 nitrogen and oxygen atoms in total. The Hall–Kier alpha value is -0.534. The smallest absolute Gasteiger partial charge is 0.0586 e. The van der Waals surface area contributed by atoms with Crippen molar-refractivity contribution in [1.29, 1.82) is 0 Å². The van der Waals surface area contributed by atoms with E-state index < -0.39 is 10.1 Å².